The van der Waals surface area contributed by atoms with Crippen molar-refractivity contribution in [2.24, 2.45) is 35.0 Å². The van der Waals surface area contributed by atoms with Crippen LogP contribution in [0.25, 0.3) is 0 Å². The molecule has 0 spiro atoms. The van der Waals surface area contributed by atoms with Gasteiger partial charge in [0.05, 0.1) is 5.41 Å². The second-order valence-corrected chi connectivity index (χ2v) is 11.6. The van der Waals surface area contributed by atoms with E-state index in [-0.39, 0.29) is 23.4 Å². The van der Waals surface area contributed by atoms with E-state index in [2.05, 4.69) is 51.1 Å². The van der Waals surface area contributed by atoms with Gasteiger partial charge in [-0.2, -0.15) is 0 Å². The molecular weight excluding hydrogens is 384 g/mol. The molecule has 3 nitrogen and oxygen atoms in total. The summed E-state index contributed by atoms with van der Waals surface area (Å²) in [6.07, 6.45) is 8.92. The molecule has 7 atom stereocenters. The van der Waals surface area contributed by atoms with E-state index in [0.29, 0.717) is 35.9 Å². The fourth-order valence-corrected chi connectivity index (χ4v) is 8.09. The van der Waals surface area contributed by atoms with Crippen molar-refractivity contribution in [3.05, 3.63) is 35.9 Å². The molecule has 0 unspecified atom stereocenters. The van der Waals surface area contributed by atoms with Gasteiger partial charge in [-0.3, -0.25) is 9.59 Å². The number of hydrogen-bond acceptors (Lipinski definition) is 3. The minimum atomic E-state index is -0.501. The van der Waals surface area contributed by atoms with Gasteiger partial charge in [-0.15, -0.1) is 0 Å². The van der Waals surface area contributed by atoms with E-state index in [1.54, 1.807) is 0 Å². The summed E-state index contributed by atoms with van der Waals surface area (Å²) in [7, 11) is 0. The van der Waals surface area contributed by atoms with Crippen molar-refractivity contribution in [2.75, 3.05) is 0 Å². The van der Waals surface area contributed by atoms with Crippen LogP contribution >= 0.6 is 0 Å². The number of ketones is 1. The van der Waals surface area contributed by atoms with Crippen LogP contribution in [0, 0.1) is 35.0 Å². The van der Waals surface area contributed by atoms with Crippen molar-refractivity contribution < 1.29 is 14.3 Å². The third-order valence-electron chi connectivity index (χ3n) is 9.71. The molecule has 4 aliphatic rings. The fourth-order valence-electron chi connectivity index (χ4n) is 8.09. The Morgan fingerprint density at radius 3 is 2.61 bits per heavy atom. The summed E-state index contributed by atoms with van der Waals surface area (Å²) in [6, 6.07) is 10.7. The number of hydrogen-bond donors (Lipinski definition) is 0. The second-order valence-electron chi connectivity index (χ2n) is 11.6. The smallest absolute Gasteiger partial charge is 0.313 e. The highest BCUT2D eigenvalue weighted by molar-refractivity contribution is 5.93. The molecule has 1 aromatic rings. The molecule has 31 heavy (non-hydrogen) atoms. The SMILES string of the molecule is C[C@@H]1CC[C@@H](C(C)(C)c2ccccc2)[C@H](OC(=O)[C@@]23CCCC(=O)[C@@H]2[C@@H]2CCC[C@@H]23)C1. The maximum atomic E-state index is 13.9. The van der Waals surface area contributed by atoms with Crippen LogP contribution in [-0.4, -0.2) is 17.9 Å². The quantitative estimate of drug-likeness (QED) is 0.551. The molecule has 0 radical (unpaired) electrons. The maximum Gasteiger partial charge on any atom is 0.313 e. The number of benzene rings is 1. The Hall–Kier alpha value is -1.64. The van der Waals surface area contributed by atoms with Crippen LogP contribution in [-0.2, 0) is 19.7 Å². The summed E-state index contributed by atoms with van der Waals surface area (Å²) < 4.78 is 6.51. The number of ether oxygens (including phenoxy) is 1. The average Bonchev–Trinajstić information content (AvgIpc) is 3.16. The van der Waals surface area contributed by atoms with Crippen LogP contribution < -0.4 is 0 Å². The summed E-state index contributed by atoms with van der Waals surface area (Å²) in [5, 5.41) is 0. The summed E-state index contributed by atoms with van der Waals surface area (Å²) in [4.78, 5) is 26.7. The summed E-state index contributed by atoms with van der Waals surface area (Å²) >= 11 is 0. The second kappa shape index (κ2) is 7.74. The van der Waals surface area contributed by atoms with Gasteiger partial charge in [0, 0.05) is 18.3 Å². The molecule has 4 saturated carbocycles. The molecule has 0 aliphatic heterocycles. The Bertz CT molecular complexity index is 843. The zero-order valence-electron chi connectivity index (χ0n) is 19.4. The van der Waals surface area contributed by atoms with Crippen molar-refractivity contribution in [1.29, 1.82) is 0 Å². The van der Waals surface area contributed by atoms with Gasteiger partial charge in [0.15, 0.2) is 0 Å². The minimum absolute atomic E-state index is 0.0262. The molecule has 5 rings (SSSR count). The van der Waals surface area contributed by atoms with E-state index in [4.69, 9.17) is 4.74 Å². The van der Waals surface area contributed by atoms with Gasteiger partial charge in [0.25, 0.3) is 0 Å². The van der Waals surface area contributed by atoms with Crippen LogP contribution in [0.4, 0.5) is 0 Å². The van der Waals surface area contributed by atoms with Crippen LogP contribution in [0.3, 0.4) is 0 Å². The topological polar surface area (TPSA) is 43.4 Å². The van der Waals surface area contributed by atoms with E-state index in [9.17, 15) is 9.59 Å². The van der Waals surface area contributed by atoms with Gasteiger partial charge < -0.3 is 4.74 Å². The number of esters is 1. The predicted molar refractivity (Wildman–Crippen MR) is 121 cm³/mol. The molecule has 1 aromatic carbocycles. The molecule has 0 aromatic heterocycles. The lowest BCUT2D eigenvalue weighted by Gasteiger charge is -2.59. The van der Waals surface area contributed by atoms with E-state index < -0.39 is 5.41 Å². The predicted octanol–water partition coefficient (Wildman–Crippen LogP) is 6.10. The molecule has 0 N–H and O–H groups in total. The first-order valence-corrected chi connectivity index (χ1v) is 12.6. The van der Waals surface area contributed by atoms with Gasteiger partial charge >= 0.3 is 5.97 Å². The van der Waals surface area contributed by atoms with Crippen molar-refractivity contribution in [3.63, 3.8) is 0 Å². The highest BCUT2D eigenvalue weighted by atomic mass is 16.5. The minimum Gasteiger partial charge on any atom is -0.462 e. The third-order valence-corrected chi connectivity index (χ3v) is 9.71. The zero-order valence-corrected chi connectivity index (χ0v) is 19.4. The Morgan fingerprint density at radius 1 is 1.06 bits per heavy atom. The molecule has 3 heteroatoms. The molecule has 4 aliphatic carbocycles. The Kier molecular flexibility index (Phi) is 5.30. The van der Waals surface area contributed by atoms with Crippen LogP contribution in [0.5, 0.6) is 0 Å². The lowest BCUT2D eigenvalue weighted by molar-refractivity contribution is -0.207. The Labute approximate surface area is 187 Å². The summed E-state index contributed by atoms with van der Waals surface area (Å²) in [5.41, 5.74) is 0.763. The van der Waals surface area contributed by atoms with Crippen molar-refractivity contribution in [1.82, 2.24) is 0 Å². The first-order valence-electron chi connectivity index (χ1n) is 12.6. The van der Waals surface area contributed by atoms with E-state index in [1.165, 1.54) is 12.0 Å². The number of carbonyl (C=O) groups excluding carboxylic acids is 2. The molecular formula is C28H38O3. The lowest BCUT2D eigenvalue weighted by atomic mass is 9.43. The van der Waals surface area contributed by atoms with Crippen LogP contribution in [0.2, 0.25) is 0 Å². The number of Topliss-reactive ketones (excluding diaryl/α,β-unsaturated/α-hetero) is 1. The standard InChI is InChI=1S/C28H38O3/c1-18-14-15-22(27(2,3)19-9-5-4-6-10-19)24(17-18)31-26(30)28-16-8-13-23(29)25(28)20-11-7-12-21(20)28/h4-6,9-10,18,20-22,24-25H,7-8,11-17H2,1-3H3/t18-,20-,21+,22-,24-,25+,28-/m1/s1. The lowest BCUT2D eigenvalue weighted by Crippen LogP contribution is -2.64. The number of carbonyl (C=O) groups is 2. The first-order chi connectivity index (χ1) is 14.9. The first kappa shape index (κ1) is 21.2. The van der Waals surface area contributed by atoms with E-state index >= 15 is 0 Å². The average molecular weight is 423 g/mol. The third kappa shape index (κ3) is 3.21. The van der Waals surface area contributed by atoms with Gasteiger partial charge in [-0.1, -0.05) is 63.9 Å². The zero-order chi connectivity index (χ0) is 21.8. The largest absolute Gasteiger partial charge is 0.462 e. The highest BCUT2D eigenvalue weighted by Crippen LogP contribution is 2.68. The fraction of sp³-hybridized carbons (Fsp3) is 0.714. The van der Waals surface area contributed by atoms with Gasteiger partial charge in [0.2, 0.25) is 0 Å². The molecule has 0 heterocycles. The molecule has 4 fully saturated rings. The monoisotopic (exact) mass is 422 g/mol. The van der Waals surface area contributed by atoms with Crippen molar-refractivity contribution in [3.8, 4) is 0 Å². The summed E-state index contributed by atoms with van der Waals surface area (Å²) in [6.45, 7) is 6.91. The molecule has 0 bridgehead atoms. The molecule has 168 valence electrons. The normalized spacial score (nSPS) is 39.9. The Balaban J connectivity index is 1.41. The molecule has 0 amide bonds. The van der Waals surface area contributed by atoms with Gasteiger partial charge in [-0.25, -0.2) is 0 Å². The number of fused-ring (bicyclic) bond motifs is 4. The van der Waals surface area contributed by atoms with Gasteiger partial charge in [0.1, 0.15) is 11.9 Å². The van der Waals surface area contributed by atoms with E-state index in [1.807, 2.05) is 0 Å². The summed E-state index contributed by atoms with van der Waals surface area (Å²) in [5.74, 6) is 1.97. The maximum absolute atomic E-state index is 13.9. The van der Waals surface area contributed by atoms with E-state index in [0.717, 1.165) is 44.9 Å². The molecule has 0 saturated heterocycles. The highest BCUT2D eigenvalue weighted by Gasteiger charge is 2.70. The van der Waals surface area contributed by atoms with Crippen molar-refractivity contribution in [2.45, 2.75) is 90.1 Å². The Morgan fingerprint density at radius 2 is 1.84 bits per heavy atom. The van der Waals surface area contributed by atoms with Gasteiger partial charge in [-0.05, 0) is 67.3 Å². The number of rotatable bonds is 4. The van der Waals surface area contributed by atoms with Crippen LogP contribution in [0.1, 0.15) is 84.1 Å². The van der Waals surface area contributed by atoms with Crippen molar-refractivity contribution >= 4 is 11.8 Å². The van der Waals surface area contributed by atoms with Crippen LogP contribution in [0.15, 0.2) is 30.3 Å².